The maximum atomic E-state index is 12.0. The highest BCUT2D eigenvalue weighted by molar-refractivity contribution is 7.79. The number of hydrogen-bond acceptors (Lipinski definition) is 7. The van der Waals surface area contributed by atoms with Crippen molar-refractivity contribution in [2.45, 2.75) is 19.8 Å². The molecule has 0 radical (unpaired) electrons. The topological polar surface area (TPSA) is 167 Å². The van der Waals surface area contributed by atoms with E-state index in [-0.39, 0.29) is 22.8 Å². The molecular formula is C21H19NO9S. The van der Waals surface area contributed by atoms with Gasteiger partial charge in [0.1, 0.15) is 0 Å². The van der Waals surface area contributed by atoms with Gasteiger partial charge in [0.2, 0.25) is 10.9 Å². The lowest BCUT2D eigenvalue weighted by atomic mass is 10.0. The highest BCUT2D eigenvalue weighted by Crippen LogP contribution is 2.36. The average Bonchev–Trinajstić information content (AvgIpc) is 2.68. The van der Waals surface area contributed by atoms with Gasteiger partial charge in [0.05, 0.1) is 11.2 Å². The van der Waals surface area contributed by atoms with Crippen LogP contribution in [0.25, 0.3) is 28.2 Å². The summed E-state index contributed by atoms with van der Waals surface area (Å²) in [5.41, 5.74) is 1.68. The van der Waals surface area contributed by atoms with E-state index in [1.165, 1.54) is 18.2 Å². The Morgan fingerprint density at radius 2 is 1.41 bits per heavy atom. The minimum atomic E-state index is -4.67. The van der Waals surface area contributed by atoms with E-state index in [9.17, 15) is 19.8 Å². The van der Waals surface area contributed by atoms with Crippen LogP contribution in [0.3, 0.4) is 0 Å². The van der Waals surface area contributed by atoms with Crippen molar-refractivity contribution in [2.75, 3.05) is 0 Å². The molecule has 0 saturated heterocycles. The first-order valence-electron chi connectivity index (χ1n) is 9.21. The average molecular weight is 461 g/mol. The third-order valence-corrected chi connectivity index (χ3v) is 4.60. The number of fused-ring (bicyclic) bond motifs is 2. The van der Waals surface area contributed by atoms with E-state index in [0.717, 1.165) is 17.3 Å². The normalized spacial score (nSPS) is 11.5. The highest BCUT2D eigenvalue weighted by Gasteiger charge is 2.19. The summed E-state index contributed by atoms with van der Waals surface area (Å²) >= 11 is 0. The van der Waals surface area contributed by atoms with Crippen LogP contribution >= 0.6 is 0 Å². The van der Waals surface area contributed by atoms with Crippen LogP contribution in [0.5, 0.6) is 11.5 Å². The minimum Gasteiger partial charge on any atom is -0.504 e. The molecule has 2 aromatic carbocycles. The molecule has 11 heteroatoms. The Labute approximate surface area is 181 Å². The summed E-state index contributed by atoms with van der Waals surface area (Å²) in [6.07, 6.45) is 0. The molecular weight excluding hydrogens is 442 g/mol. The van der Waals surface area contributed by atoms with Crippen LogP contribution in [0.1, 0.15) is 25.3 Å². The molecule has 2 aliphatic rings. The Balaban J connectivity index is 0.000000523. The van der Waals surface area contributed by atoms with Crippen LogP contribution in [-0.4, -0.2) is 32.3 Å². The van der Waals surface area contributed by atoms with Gasteiger partial charge in [-0.15, -0.1) is 0 Å². The first-order chi connectivity index (χ1) is 14.8. The van der Waals surface area contributed by atoms with E-state index < -0.39 is 21.3 Å². The van der Waals surface area contributed by atoms with Gasteiger partial charge < -0.3 is 19.2 Å². The molecule has 168 valence electrons. The van der Waals surface area contributed by atoms with Gasteiger partial charge >= 0.3 is 10.4 Å². The van der Waals surface area contributed by atoms with E-state index in [4.69, 9.17) is 21.9 Å². The largest absolute Gasteiger partial charge is 0.504 e. The van der Waals surface area contributed by atoms with E-state index in [0.29, 0.717) is 17.1 Å². The van der Waals surface area contributed by atoms with E-state index >= 15 is 0 Å². The number of aromatic hydroxyl groups is 2. The molecule has 0 atom stereocenters. The van der Waals surface area contributed by atoms with Crippen molar-refractivity contribution >= 4 is 21.5 Å². The van der Waals surface area contributed by atoms with Crippen LogP contribution in [-0.2, 0) is 10.4 Å². The van der Waals surface area contributed by atoms with Gasteiger partial charge in [-0.25, -0.2) is 0 Å². The summed E-state index contributed by atoms with van der Waals surface area (Å²) < 4.78 is 39.0. The second-order valence-electron chi connectivity index (χ2n) is 7.21. The predicted molar refractivity (Wildman–Crippen MR) is 116 cm³/mol. The first kappa shape index (κ1) is 23.0. The van der Waals surface area contributed by atoms with Crippen molar-refractivity contribution in [1.29, 1.82) is 0 Å². The second kappa shape index (κ2) is 8.46. The molecule has 10 nitrogen and oxygen atoms in total. The molecule has 0 fully saturated rings. The molecule has 2 aromatic rings. The van der Waals surface area contributed by atoms with Crippen molar-refractivity contribution in [3.63, 3.8) is 0 Å². The van der Waals surface area contributed by atoms with Crippen LogP contribution in [0.4, 0.5) is 0 Å². The lowest BCUT2D eigenvalue weighted by Gasteiger charge is -2.19. The number of nitrogens with zero attached hydrogens (tertiary/aromatic N) is 1. The van der Waals surface area contributed by atoms with Gasteiger partial charge in [-0.1, -0.05) is 26.0 Å². The van der Waals surface area contributed by atoms with Crippen molar-refractivity contribution < 1.29 is 32.2 Å². The number of aromatic nitrogens is 1. The lowest BCUT2D eigenvalue weighted by Crippen LogP contribution is -2.23. The Morgan fingerprint density at radius 3 is 1.97 bits per heavy atom. The fraction of sp³-hybridized carbons (Fsp3) is 0.143. The smallest absolute Gasteiger partial charge is 0.394 e. The Hall–Kier alpha value is -3.67. The van der Waals surface area contributed by atoms with Crippen LogP contribution < -0.4 is 10.9 Å². The molecule has 1 heterocycles. The molecule has 1 aliphatic carbocycles. The van der Waals surface area contributed by atoms with E-state index in [1.807, 2.05) is 24.3 Å². The van der Waals surface area contributed by atoms with Crippen molar-refractivity contribution in [3.05, 3.63) is 74.5 Å². The monoisotopic (exact) mass is 461 g/mol. The van der Waals surface area contributed by atoms with Crippen molar-refractivity contribution in [2.24, 2.45) is 0 Å². The zero-order valence-electron chi connectivity index (χ0n) is 16.9. The molecule has 0 aromatic heterocycles. The highest BCUT2D eigenvalue weighted by atomic mass is 32.3. The summed E-state index contributed by atoms with van der Waals surface area (Å²) in [5, 5.41) is 19.8. The number of hydrogen-bond donors (Lipinski definition) is 4. The van der Waals surface area contributed by atoms with Gasteiger partial charge in [-0.3, -0.25) is 18.7 Å². The zero-order chi connectivity index (χ0) is 23.8. The summed E-state index contributed by atoms with van der Waals surface area (Å²) in [5.74, 6) is -0.0758. The molecule has 0 amide bonds. The lowest BCUT2D eigenvalue weighted by molar-refractivity contribution is 0.381. The molecule has 0 spiro atoms. The summed E-state index contributed by atoms with van der Waals surface area (Å²) in [6.45, 7) is 4.18. The molecule has 1 aliphatic heterocycles. The maximum Gasteiger partial charge on any atom is 0.394 e. The third-order valence-electron chi connectivity index (χ3n) is 4.60. The number of phenols is 2. The first-order valence-corrected chi connectivity index (χ1v) is 10.6. The van der Waals surface area contributed by atoms with Gasteiger partial charge in [0, 0.05) is 30.0 Å². The SMILES string of the molecule is CC(C)c1ccc(-n2c3cc(=O)c(=O)cc-3oc3cc(O)c(O)cc32)cc1.O=S(=O)(O)O. The fourth-order valence-corrected chi connectivity index (χ4v) is 3.12. The minimum absolute atomic E-state index is 0.213. The van der Waals surface area contributed by atoms with Crippen molar-refractivity contribution in [3.8, 4) is 28.6 Å². The third kappa shape index (κ3) is 4.97. The molecule has 0 unspecified atom stereocenters. The summed E-state index contributed by atoms with van der Waals surface area (Å²) in [4.78, 5) is 23.7. The Kier molecular flexibility index (Phi) is 6.08. The molecule has 4 rings (SSSR count). The summed E-state index contributed by atoms with van der Waals surface area (Å²) in [7, 11) is -4.67. The van der Waals surface area contributed by atoms with Gasteiger partial charge in [0.25, 0.3) is 0 Å². The Bertz CT molecular complexity index is 1480. The van der Waals surface area contributed by atoms with Gasteiger partial charge in [-0.05, 0) is 23.6 Å². The summed E-state index contributed by atoms with van der Waals surface area (Å²) in [6, 6.07) is 12.8. The molecule has 0 bridgehead atoms. The molecule has 32 heavy (non-hydrogen) atoms. The zero-order valence-corrected chi connectivity index (χ0v) is 17.7. The van der Waals surface area contributed by atoms with Crippen LogP contribution in [0.15, 0.2) is 62.5 Å². The van der Waals surface area contributed by atoms with Crippen LogP contribution in [0, 0.1) is 0 Å². The van der Waals surface area contributed by atoms with Gasteiger partial charge in [0.15, 0.2) is 22.8 Å². The quantitative estimate of drug-likeness (QED) is 0.152. The number of phenolic OH excluding ortho intramolecular Hbond substituents is 2. The number of benzene rings is 3. The second-order valence-corrected chi connectivity index (χ2v) is 8.10. The molecule has 0 saturated carbocycles. The Morgan fingerprint density at radius 1 is 0.875 bits per heavy atom. The van der Waals surface area contributed by atoms with E-state index in [1.54, 1.807) is 4.57 Å². The fourth-order valence-electron chi connectivity index (χ4n) is 3.12. The van der Waals surface area contributed by atoms with E-state index in [2.05, 4.69) is 13.8 Å². The standard InChI is InChI=1S/C21H17NO5.H2O4S/c1-11(2)12-3-5-13(6-4-12)22-14-7-16(23)18(25)9-20(14)27-21-10-19(26)17(24)8-15(21)22;1-5(2,3)4/h3-11,23,25H,1-2H3;(H2,1,2,3,4). The van der Waals surface area contributed by atoms with Crippen molar-refractivity contribution in [1.82, 2.24) is 4.57 Å². The number of rotatable bonds is 2. The maximum absolute atomic E-state index is 12.0. The predicted octanol–water partition coefficient (Wildman–Crippen LogP) is 2.93. The van der Waals surface area contributed by atoms with Crippen LogP contribution in [0.2, 0.25) is 0 Å². The molecule has 4 N–H and O–H groups in total. The van der Waals surface area contributed by atoms with Gasteiger partial charge in [-0.2, -0.15) is 8.42 Å².